The Labute approximate surface area is 142 Å². The predicted octanol–water partition coefficient (Wildman–Crippen LogP) is 2.93. The van der Waals surface area contributed by atoms with Crippen molar-refractivity contribution >= 4 is 11.6 Å². The quantitative estimate of drug-likeness (QED) is 0.569. The van der Waals surface area contributed by atoms with E-state index in [4.69, 9.17) is 4.42 Å². The van der Waals surface area contributed by atoms with Gasteiger partial charge in [0.15, 0.2) is 5.76 Å². The van der Waals surface area contributed by atoms with Gasteiger partial charge >= 0.3 is 0 Å². The third kappa shape index (κ3) is 3.01. The minimum Gasteiger partial charge on any atom is -0.463 e. The molecule has 0 radical (unpaired) electrons. The van der Waals surface area contributed by atoms with Crippen molar-refractivity contribution in [3.63, 3.8) is 0 Å². The Bertz CT molecular complexity index is 924. The fourth-order valence-electron chi connectivity index (χ4n) is 2.49. The number of hydrogen-bond donors (Lipinski definition) is 1. The number of aromatic nitrogens is 2. The number of furan rings is 1. The van der Waals surface area contributed by atoms with Crippen molar-refractivity contribution in [2.75, 3.05) is 0 Å². The molecule has 25 heavy (non-hydrogen) atoms. The third-order valence-electron chi connectivity index (χ3n) is 3.93. The van der Waals surface area contributed by atoms with Gasteiger partial charge in [0.1, 0.15) is 11.4 Å². The molecule has 4 rings (SSSR count). The minimum absolute atomic E-state index is 0.0221. The molecule has 3 aromatic rings. The van der Waals surface area contributed by atoms with Crippen LogP contribution in [-0.4, -0.2) is 26.7 Å². The predicted molar refractivity (Wildman–Crippen MR) is 88.4 cm³/mol. The Hall–Kier alpha value is -3.42. The molecule has 0 saturated heterocycles. The molecule has 8 heteroatoms. The zero-order valence-corrected chi connectivity index (χ0v) is 13.1. The van der Waals surface area contributed by atoms with Gasteiger partial charge in [-0.1, -0.05) is 0 Å². The Morgan fingerprint density at radius 1 is 1.28 bits per heavy atom. The van der Waals surface area contributed by atoms with Crippen LogP contribution in [0.2, 0.25) is 0 Å². The summed E-state index contributed by atoms with van der Waals surface area (Å²) >= 11 is 0. The number of nitro groups is 1. The molecule has 1 amide bonds. The van der Waals surface area contributed by atoms with Gasteiger partial charge < -0.3 is 9.73 Å². The lowest BCUT2D eigenvalue weighted by Crippen LogP contribution is -2.27. The van der Waals surface area contributed by atoms with Crippen LogP contribution >= 0.6 is 0 Å². The van der Waals surface area contributed by atoms with Crippen LogP contribution in [0.5, 0.6) is 0 Å². The van der Waals surface area contributed by atoms with Gasteiger partial charge in [-0.3, -0.25) is 14.9 Å². The number of nitrogens with zero attached hydrogens (tertiary/aromatic N) is 3. The Morgan fingerprint density at radius 2 is 2.04 bits per heavy atom. The highest BCUT2D eigenvalue weighted by atomic mass is 16.6. The SMILES string of the molecule is O=C(NC1CC1)c1cc(-c2ccco2)nn1-c1ccc([N+](=O)[O-])cc1. The first-order valence-electron chi connectivity index (χ1n) is 7.81. The number of nitro benzene ring substituents is 1. The van der Waals surface area contributed by atoms with Gasteiger partial charge in [0.25, 0.3) is 11.6 Å². The summed E-state index contributed by atoms with van der Waals surface area (Å²) in [7, 11) is 0. The van der Waals surface area contributed by atoms with E-state index >= 15 is 0 Å². The standard InChI is InChI=1S/C17H14N4O4/c22-17(18-11-3-4-11)15-10-14(16-2-1-9-25-16)19-20(15)12-5-7-13(8-6-12)21(23)24/h1-2,5-11H,3-4H2,(H,18,22). The first-order chi connectivity index (χ1) is 12.1. The first-order valence-corrected chi connectivity index (χ1v) is 7.81. The number of benzene rings is 1. The molecule has 1 N–H and O–H groups in total. The van der Waals surface area contributed by atoms with Gasteiger partial charge in [-0.15, -0.1) is 0 Å². The van der Waals surface area contributed by atoms with Crippen LogP contribution in [0, 0.1) is 10.1 Å². The van der Waals surface area contributed by atoms with Crippen molar-refractivity contribution in [1.82, 2.24) is 15.1 Å². The van der Waals surface area contributed by atoms with E-state index in [0.29, 0.717) is 22.8 Å². The van der Waals surface area contributed by atoms with Crippen molar-refractivity contribution in [2.45, 2.75) is 18.9 Å². The number of nitrogens with one attached hydrogen (secondary N) is 1. The van der Waals surface area contributed by atoms with E-state index in [9.17, 15) is 14.9 Å². The van der Waals surface area contributed by atoms with Crippen LogP contribution in [0.15, 0.2) is 53.1 Å². The van der Waals surface area contributed by atoms with E-state index in [1.807, 2.05) is 0 Å². The maximum Gasteiger partial charge on any atom is 0.270 e. The van der Waals surface area contributed by atoms with Crippen molar-refractivity contribution in [1.29, 1.82) is 0 Å². The lowest BCUT2D eigenvalue weighted by atomic mass is 10.2. The van der Waals surface area contributed by atoms with Gasteiger partial charge in [-0.05, 0) is 37.1 Å². The van der Waals surface area contributed by atoms with Crippen LogP contribution < -0.4 is 5.32 Å². The van der Waals surface area contributed by atoms with E-state index in [1.165, 1.54) is 23.1 Å². The minimum atomic E-state index is -0.470. The molecule has 126 valence electrons. The number of amides is 1. The smallest absolute Gasteiger partial charge is 0.270 e. The molecule has 8 nitrogen and oxygen atoms in total. The summed E-state index contributed by atoms with van der Waals surface area (Å²) in [6, 6.07) is 11.2. The first kappa shape index (κ1) is 15.1. The summed E-state index contributed by atoms with van der Waals surface area (Å²) in [5, 5.41) is 18.2. The van der Waals surface area contributed by atoms with E-state index in [2.05, 4.69) is 10.4 Å². The Morgan fingerprint density at radius 3 is 2.64 bits per heavy atom. The monoisotopic (exact) mass is 338 g/mol. The van der Waals surface area contributed by atoms with E-state index in [1.54, 1.807) is 30.3 Å². The van der Waals surface area contributed by atoms with Crippen LogP contribution in [0.25, 0.3) is 17.1 Å². The zero-order chi connectivity index (χ0) is 17.4. The molecule has 1 fully saturated rings. The second kappa shape index (κ2) is 5.90. The van der Waals surface area contributed by atoms with Crippen molar-refractivity contribution in [3.05, 3.63) is 64.5 Å². The van der Waals surface area contributed by atoms with E-state index in [0.717, 1.165) is 12.8 Å². The Kier molecular flexibility index (Phi) is 3.57. The fraction of sp³-hybridized carbons (Fsp3) is 0.176. The van der Waals surface area contributed by atoms with Gasteiger partial charge in [0.2, 0.25) is 0 Å². The van der Waals surface area contributed by atoms with Crippen molar-refractivity contribution < 1.29 is 14.1 Å². The molecule has 1 saturated carbocycles. The van der Waals surface area contributed by atoms with E-state index in [-0.39, 0.29) is 17.6 Å². The number of hydrogen-bond acceptors (Lipinski definition) is 5. The summed E-state index contributed by atoms with van der Waals surface area (Å²) in [5.74, 6) is 0.312. The average molecular weight is 338 g/mol. The van der Waals surface area contributed by atoms with Gasteiger partial charge in [-0.25, -0.2) is 4.68 Å². The highest BCUT2D eigenvalue weighted by Gasteiger charge is 2.26. The van der Waals surface area contributed by atoms with Gasteiger partial charge in [-0.2, -0.15) is 5.10 Å². The molecule has 1 aliphatic carbocycles. The van der Waals surface area contributed by atoms with Crippen LogP contribution in [0.1, 0.15) is 23.3 Å². The Balaban J connectivity index is 1.75. The zero-order valence-electron chi connectivity index (χ0n) is 13.1. The largest absolute Gasteiger partial charge is 0.463 e. The molecule has 1 aromatic carbocycles. The summed E-state index contributed by atoms with van der Waals surface area (Å²) < 4.78 is 6.82. The van der Waals surface area contributed by atoms with Crippen LogP contribution in [0.4, 0.5) is 5.69 Å². The number of rotatable bonds is 5. The van der Waals surface area contributed by atoms with E-state index < -0.39 is 4.92 Å². The highest BCUT2D eigenvalue weighted by Crippen LogP contribution is 2.25. The summed E-state index contributed by atoms with van der Waals surface area (Å²) in [6.07, 6.45) is 3.48. The van der Waals surface area contributed by atoms with Crippen molar-refractivity contribution in [2.24, 2.45) is 0 Å². The molecule has 2 aromatic heterocycles. The summed E-state index contributed by atoms with van der Waals surface area (Å²) in [4.78, 5) is 22.9. The average Bonchev–Trinajstić information content (AvgIpc) is 3.11. The highest BCUT2D eigenvalue weighted by molar-refractivity contribution is 5.94. The van der Waals surface area contributed by atoms with Crippen molar-refractivity contribution in [3.8, 4) is 17.1 Å². The lowest BCUT2D eigenvalue weighted by Gasteiger charge is -2.07. The molecule has 0 aliphatic heterocycles. The molecule has 0 unspecified atom stereocenters. The number of carbonyl (C=O) groups excluding carboxylic acids is 1. The van der Waals surface area contributed by atoms with Crippen LogP contribution in [0.3, 0.4) is 0 Å². The molecule has 0 bridgehead atoms. The maximum atomic E-state index is 12.5. The third-order valence-corrected chi connectivity index (χ3v) is 3.93. The van der Waals surface area contributed by atoms with Gasteiger partial charge in [0.05, 0.1) is 16.9 Å². The number of carbonyl (C=O) groups is 1. The normalized spacial score (nSPS) is 13.6. The summed E-state index contributed by atoms with van der Waals surface area (Å²) in [5.41, 5.74) is 1.41. The van der Waals surface area contributed by atoms with Crippen LogP contribution in [-0.2, 0) is 0 Å². The fourth-order valence-corrected chi connectivity index (χ4v) is 2.49. The molecule has 0 spiro atoms. The molecule has 2 heterocycles. The molecule has 0 atom stereocenters. The molecular weight excluding hydrogens is 324 g/mol. The van der Waals surface area contributed by atoms with Gasteiger partial charge in [0, 0.05) is 24.2 Å². The second-order valence-corrected chi connectivity index (χ2v) is 5.83. The summed E-state index contributed by atoms with van der Waals surface area (Å²) in [6.45, 7) is 0. The molecule has 1 aliphatic rings. The topological polar surface area (TPSA) is 103 Å². The maximum absolute atomic E-state index is 12.5. The number of non-ortho nitro benzene ring substituents is 1. The molecular formula is C17H14N4O4. The second-order valence-electron chi connectivity index (χ2n) is 5.83. The lowest BCUT2D eigenvalue weighted by molar-refractivity contribution is -0.384.